The van der Waals surface area contributed by atoms with Gasteiger partial charge in [-0.3, -0.25) is 4.79 Å². The van der Waals surface area contributed by atoms with Gasteiger partial charge in [-0.25, -0.2) is 4.39 Å². The molecule has 0 aliphatic heterocycles. The van der Waals surface area contributed by atoms with Crippen molar-refractivity contribution in [2.24, 2.45) is 5.92 Å². The Balaban J connectivity index is 2.85. The molecule has 0 radical (unpaired) electrons. The number of halogens is 1. The average Bonchev–Trinajstić information content (AvgIpc) is 2.17. The van der Waals surface area contributed by atoms with Crippen molar-refractivity contribution in [3.05, 3.63) is 35.4 Å². The molecular formula is C11H13FO. The van der Waals surface area contributed by atoms with Crippen molar-refractivity contribution in [2.75, 3.05) is 0 Å². The zero-order chi connectivity index (χ0) is 9.84. The monoisotopic (exact) mass is 180 g/mol. The second kappa shape index (κ2) is 4.17. The number of hydrogen-bond acceptors (Lipinski definition) is 1. The number of hydrogen-bond donors (Lipinski definition) is 0. The molecule has 0 saturated carbocycles. The van der Waals surface area contributed by atoms with Gasteiger partial charge in [0.1, 0.15) is 12.5 Å². The molecule has 70 valence electrons. The molecule has 1 rings (SSSR count). The van der Waals surface area contributed by atoms with Gasteiger partial charge < -0.3 is 0 Å². The van der Waals surface area contributed by atoms with Crippen LogP contribution in [0.3, 0.4) is 0 Å². The highest BCUT2D eigenvalue weighted by molar-refractivity contribution is 5.74. The van der Waals surface area contributed by atoms with Gasteiger partial charge >= 0.3 is 0 Å². The standard InChI is InChI=1S/C11H13FO/c1-8(2)11(12)10-5-3-9(7-13)4-6-10/h3-8,11H,1-2H3. The molecule has 1 aromatic rings. The molecule has 1 aromatic carbocycles. The number of carbonyl (C=O) groups is 1. The third-order valence-corrected chi connectivity index (χ3v) is 1.98. The van der Waals surface area contributed by atoms with E-state index in [9.17, 15) is 9.18 Å². The first kappa shape index (κ1) is 9.90. The highest BCUT2D eigenvalue weighted by Gasteiger charge is 2.13. The molecule has 0 fully saturated rings. The van der Waals surface area contributed by atoms with Crippen LogP contribution in [0, 0.1) is 5.92 Å². The SMILES string of the molecule is CC(C)C(F)c1ccc(C=O)cc1. The van der Waals surface area contributed by atoms with Gasteiger partial charge in [0.25, 0.3) is 0 Å². The van der Waals surface area contributed by atoms with E-state index < -0.39 is 6.17 Å². The maximum atomic E-state index is 13.4. The highest BCUT2D eigenvalue weighted by Crippen LogP contribution is 2.25. The fraction of sp³-hybridized carbons (Fsp3) is 0.364. The maximum absolute atomic E-state index is 13.4. The lowest BCUT2D eigenvalue weighted by Crippen LogP contribution is -2.00. The molecule has 0 aliphatic carbocycles. The predicted octanol–water partition coefficient (Wildman–Crippen LogP) is 3.17. The molecule has 13 heavy (non-hydrogen) atoms. The normalized spacial score (nSPS) is 12.9. The lowest BCUT2D eigenvalue weighted by atomic mass is 10.00. The lowest BCUT2D eigenvalue weighted by molar-refractivity contribution is 0.112. The largest absolute Gasteiger partial charge is 0.298 e. The molecule has 0 bridgehead atoms. The Hall–Kier alpha value is -1.18. The van der Waals surface area contributed by atoms with Crippen molar-refractivity contribution >= 4 is 6.29 Å². The summed E-state index contributed by atoms with van der Waals surface area (Å²) in [5.74, 6) is -0.0259. The topological polar surface area (TPSA) is 17.1 Å². The summed E-state index contributed by atoms with van der Waals surface area (Å²) in [6, 6.07) is 6.59. The summed E-state index contributed by atoms with van der Waals surface area (Å²) < 4.78 is 13.4. The van der Waals surface area contributed by atoms with Crippen molar-refractivity contribution in [1.82, 2.24) is 0 Å². The number of aldehydes is 1. The van der Waals surface area contributed by atoms with Gasteiger partial charge in [-0.15, -0.1) is 0 Å². The van der Waals surface area contributed by atoms with Crippen LogP contribution < -0.4 is 0 Å². The Kier molecular flexibility index (Phi) is 3.18. The fourth-order valence-corrected chi connectivity index (χ4v) is 1.14. The van der Waals surface area contributed by atoms with Gasteiger partial charge in [-0.05, 0) is 11.5 Å². The molecule has 1 atom stereocenters. The van der Waals surface area contributed by atoms with E-state index in [-0.39, 0.29) is 5.92 Å². The predicted molar refractivity (Wildman–Crippen MR) is 50.5 cm³/mol. The van der Waals surface area contributed by atoms with E-state index in [4.69, 9.17) is 0 Å². The van der Waals surface area contributed by atoms with E-state index >= 15 is 0 Å². The molecule has 0 spiro atoms. The first-order valence-corrected chi connectivity index (χ1v) is 4.34. The summed E-state index contributed by atoms with van der Waals surface area (Å²) in [4.78, 5) is 10.3. The first-order chi connectivity index (χ1) is 6.15. The van der Waals surface area contributed by atoms with Crippen molar-refractivity contribution < 1.29 is 9.18 Å². The summed E-state index contributed by atoms with van der Waals surface area (Å²) in [6.45, 7) is 3.66. The van der Waals surface area contributed by atoms with Gasteiger partial charge in [-0.2, -0.15) is 0 Å². The molecule has 1 nitrogen and oxygen atoms in total. The molecule has 0 saturated heterocycles. The number of benzene rings is 1. The van der Waals surface area contributed by atoms with E-state index in [1.807, 2.05) is 13.8 Å². The van der Waals surface area contributed by atoms with Crippen LogP contribution >= 0.6 is 0 Å². The minimum atomic E-state index is -0.944. The second-order valence-electron chi connectivity index (χ2n) is 3.43. The molecule has 0 N–H and O–H groups in total. The fourth-order valence-electron chi connectivity index (χ4n) is 1.14. The Labute approximate surface area is 77.6 Å². The molecule has 0 heterocycles. The molecular weight excluding hydrogens is 167 g/mol. The smallest absolute Gasteiger partial charge is 0.150 e. The Morgan fingerprint density at radius 1 is 1.23 bits per heavy atom. The van der Waals surface area contributed by atoms with Gasteiger partial charge in [-0.1, -0.05) is 38.1 Å². The lowest BCUT2D eigenvalue weighted by Gasteiger charge is -2.11. The first-order valence-electron chi connectivity index (χ1n) is 4.34. The third-order valence-electron chi connectivity index (χ3n) is 1.98. The number of carbonyl (C=O) groups excluding carboxylic acids is 1. The summed E-state index contributed by atoms with van der Waals surface area (Å²) in [5.41, 5.74) is 1.22. The minimum absolute atomic E-state index is 0.0259. The summed E-state index contributed by atoms with van der Waals surface area (Å²) in [6.07, 6.45) is -0.187. The zero-order valence-corrected chi connectivity index (χ0v) is 7.83. The molecule has 0 aliphatic rings. The Morgan fingerprint density at radius 2 is 1.77 bits per heavy atom. The summed E-state index contributed by atoms with van der Waals surface area (Å²) >= 11 is 0. The second-order valence-corrected chi connectivity index (χ2v) is 3.43. The van der Waals surface area contributed by atoms with E-state index in [1.54, 1.807) is 24.3 Å². The summed E-state index contributed by atoms with van der Waals surface area (Å²) in [7, 11) is 0. The Bertz CT molecular complexity index is 277. The van der Waals surface area contributed by atoms with Crippen LogP contribution in [0.25, 0.3) is 0 Å². The van der Waals surface area contributed by atoms with Crippen molar-refractivity contribution in [3.63, 3.8) is 0 Å². The summed E-state index contributed by atoms with van der Waals surface area (Å²) in [5, 5.41) is 0. The van der Waals surface area contributed by atoms with Crippen LogP contribution in [0.1, 0.15) is 35.9 Å². The van der Waals surface area contributed by atoms with E-state index in [1.165, 1.54) is 0 Å². The number of alkyl halides is 1. The van der Waals surface area contributed by atoms with Gasteiger partial charge in [0.05, 0.1) is 0 Å². The van der Waals surface area contributed by atoms with E-state index in [0.717, 1.165) is 6.29 Å². The van der Waals surface area contributed by atoms with E-state index in [2.05, 4.69) is 0 Å². The van der Waals surface area contributed by atoms with Gasteiger partial charge in [0.15, 0.2) is 0 Å². The maximum Gasteiger partial charge on any atom is 0.150 e. The Morgan fingerprint density at radius 3 is 2.15 bits per heavy atom. The van der Waals surface area contributed by atoms with Crippen LogP contribution in [0.2, 0.25) is 0 Å². The van der Waals surface area contributed by atoms with Gasteiger partial charge in [0.2, 0.25) is 0 Å². The van der Waals surface area contributed by atoms with Gasteiger partial charge in [0, 0.05) is 5.56 Å². The van der Waals surface area contributed by atoms with E-state index in [0.29, 0.717) is 11.1 Å². The van der Waals surface area contributed by atoms with Crippen LogP contribution in [-0.2, 0) is 0 Å². The highest BCUT2D eigenvalue weighted by atomic mass is 19.1. The van der Waals surface area contributed by atoms with Crippen LogP contribution in [0.15, 0.2) is 24.3 Å². The van der Waals surface area contributed by atoms with Crippen molar-refractivity contribution in [1.29, 1.82) is 0 Å². The zero-order valence-electron chi connectivity index (χ0n) is 7.83. The molecule has 2 heteroatoms. The minimum Gasteiger partial charge on any atom is -0.298 e. The van der Waals surface area contributed by atoms with Crippen LogP contribution in [0.5, 0.6) is 0 Å². The third kappa shape index (κ3) is 2.38. The number of rotatable bonds is 3. The molecule has 1 unspecified atom stereocenters. The molecule has 0 aromatic heterocycles. The quantitative estimate of drug-likeness (QED) is 0.653. The van der Waals surface area contributed by atoms with Crippen LogP contribution in [-0.4, -0.2) is 6.29 Å². The van der Waals surface area contributed by atoms with Crippen molar-refractivity contribution in [2.45, 2.75) is 20.0 Å². The molecule has 0 amide bonds. The van der Waals surface area contributed by atoms with Crippen LogP contribution in [0.4, 0.5) is 4.39 Å². The average molecular weight is 180 g/mol. The van der Waals surface area contributed by atoms with Crippen molar-refractivity contribution in [3.8, 4) is 0 Å².